The van der Waals surface area contributed by atoms with Gasteiger partial charge in [0.15, 0.2) is 0 Å². The van der Waals surface area contributed by atoms with Crippen molar-refractivity contribution in [3.05, 3.63) is 0 Å². The summed E-state index contributed by atoms with van der Waals surface area (Å²) in [6, 6.07) is 0. The number of aliphatic hydroxyl groups excluding tert-OH is 1. The zero-order valence-corrected chi connectivity index (χ0v) is 12.3. The van der Waals surface area contributed by atoms with E-state index in [9.17, 15) is 10.2 Å². The molecule has 0 bridgehead atoms. The molecule has 0 aromatic rings. The predicted octanol–water partition coefficient (Wildman–Crippen LogP) is 3.33. The van der Waals surface area contributed by atoms with Crippen LogP contribution < -0.4 is 5.73 Å². The van der Waals surface area contributed by atoms with Gasteiger partial charge in [-0.05, 0) is 12.8 Å². The Morgan fingerprint density at radius 2 is 1.33 bits per heavy atom. The van der Waals surface area contributed by atoms with E-state index < -0.39 is 11.8 Å². The highest BCUT2D eigenvalue weighted by Crippen LogP contribution is 2.16. The molecule has 3 heteroatoms. The lowest BCUT2D eigenvalue weighted by Crippen LogP contribution is -2.50. The van der Waals surface area contributed by atoms with Crippen LogP contribution in [-0.2, 0) is 0 Å². The van der Waals surface area contributed by atoms with Crippen molar-refractivity contribution in [3.8, 4) is 0 Å². The van der Waals surface area contributed by atoms with Gasteiger partial charge >= 0.3 is 0 Å². The smallest absolute Gasteiger partial charge is 0.139 e. The lowest BCUT2D eigenvalue weighted by atomic mass is 9.98. The van der Waals surface area contributed by atoms with Gasteiger partial charge in [0.05, 0.1) is 6.10 Å². The van der Waals surface area contributed by atoms with Crippen LogP contribution in [-0.4, -0.2) is 22.0 Å². The Kier molecular flexibility index (Phi) is 10.7. The van der Waals surface area contributed by atoms with Crippen molar-refractivity contribution in [2.24, 2.45) is 5.73 Å². The maximum absolute atomic E-state index is 9.70. The summed E-state index contributed by atoms with van der Waals surface area (Å²) in [5, 5.41) is 19.3. The minimum atomic E-state index is -1.40. The number of nitrogens with two attached hydrogens (primary N) is 1. The van der Waals surface area contributed by atoms with Crippen LogP contribution in [0.25, 0.3) is 0 Å². The standard InChI is InChI=1S/C15H33NO2/c1-3-5-6-7-8-9-10-11-12-13-14(17)15(16,18)4-2/h14,17-18H,3-13,16H2,1-2H3. The highest BCUT2D eigenvalue weighted by molar-refractivity contribution is 4.78. The molecule has 0 saturated carbocycles. The van der Waals surface area contributed by atoms with Crippen LogP contribution in [0.3, 0.4) is 0 Å². The van der Waals surface area contributed by atoms with Gasteiger partial charge in [-0.25, -0.2) is 0 Å². The third-order valence-electron chi connectivity index (χ3n) is 3.72. The zero-order valence-electron chi connectivity index (χ0n) is 12.3. The van der Waals surface area contributed by atoms with E-state index in [-0.39, 0.29) is 0 Å². The molecule has 2 unspecified atom stereocenters. The van der Waals surface area contributed by atoms with E-state index in [1.807, 2.05) is 0 Å². The van der Waals surface area contributed by atoms with Gasteiger partial charge in [0.25, 0.3) is 0 Å². The van der Waals surface area contributed by atoms with E-state index in [1.165, 1.54) is 44.9 Å². The van der Waals surface area contributed by atoms with Crippen LogP contribution in [0, 0.1) is 0 Å². The Balaban J connectivity index is 3.30. The van der Waals surface area contributed by atoms with Crippen LogP contribution >= 0.6 is 0 Å². The highest BCUT2D eigenvalue weighted by atomic mass is 16.4. The molecule has 0 rings (SSSR count). The van der Waals surface area contributed by atoms with E-state index in [1.54, 1.807) is 6.92 Å². The largest absolute Gasteiger partial charge is 0.389 e. The lowest BCUT2D eigenvalue weighted by Gasteiger charge is -2.27. The SMILES string of the molecule is CCCCCCCCCCCC(O)C(N)(O)CC. The second-order valence-electron chi connectivity index (χ2n) is 5.48. The molecule has 0 aliphatic carbocycles. The van der Waals surface area contributed by atoms with Crippen molar-refractivity contribution in [2.45, 2.75) is 96.3 Å². The molecule has 2 atom stereocenters. The van der Waals surface area contributed by atoms with Crippen LogP contribution in [0.2, 0.25) is 0 Å². The Bertz CT molecular complexity index is 183. The zero-order chi connectivity index (χ0) is 13.9. The molecule has 0 amide bonds. The molecule has 0 fully saturated rings. The summed E-state index contributed by atoms with van der Waals surface area (Å²) in [5.41, 5.74) is 4.17. The van der Waals surface area contributed by atoms with Crippen molar-refractivity contribution in [1.29, 1.82) is 0 Å². The summed E-state index contributed by atoms with van der Waals surface area (Å²) in [7, 11) is 0. The Morgan fingerprint density at radius 3 is 1.78 bits per heavy atom. The summed E-state index contributed by atoms with van der Waals surface area (Å²) >= 11 is 0. The summed E-state index contributed by atoms with van der Waals surface area (Å²) in [6.07, 6.45) is 11.5. The number of rotatable bonds is 12. The minimum Gasteiger partial charge on any atom is -0.389 e. The first kappa shape index (κ1) is 17.9. The highest BCUT2D eigenvalue weighted by Gasteiger charge is 2.27. The molecule has 0 aromatic heterocycles. The Hall–Kier alpha value is -0.120. The molecule has 0 heterocycles. The molecule has 110 valence electrons. The van der Waals surface area contributed by atoms with Crippen molar-refractivity contribution in [2.75, 3.05) is 0 Å². The van der Waals surface area contributed by atoms with Gasteiger partial charge in [-0.1, -0.05) is 71.6 Å². The summed E-state index contributed by atoms with van der Waals surface area (Å²) in [6.45, 7) is 4.03. The van der Waals surface area contributed by atoms with E-state index in [0.717, 1.165) is 12.8 Å². The first-order valence-electron chi connectivity index (χ1n) is 7.74. The minimum absolute atomic E-state index is 0.394. The average Bonchev–Trinajstić information content (AvgIpc) is 2.36. The monoisotopic (exact) mass is 259 g/mol. The number of aliphatic hydroxyl groups is 2. The normalized spacial score (nSPS) is 16.5. The second kappa shape index (κ2) is 10.8. The molecule has 0 aliphatic heterocycles. The Morgan fingerprint density at radius 1 is 0.889 bits per heavy atom. The molecule has 3 nitrogen and oxygen atoms in total. The van der Waals surface area contributed by atoms with Crippen molar-refractivity contribution < 1.29 is 10.2 Å². The van der Waals surface area contributed by atoms with Crippen molar-refractivity contribution in [1.82, 2.24) is 0 Å². The summed E-state index contributed by atoms with van der Waals surface area (Å²) in [4.78, 5) is 0. The third-order valence-corrected chi connectivity index (χ3v) is 3.72. The predicted molar refractivity (Wildman–Crippen MR) is 77.3 cm³/mol. The van der Waals surface area contributed by atoms with Gasteiger partial charge in [0.1, 0.15) is 5.72 Å². The molecular weight excluding hydrogens is 226 g/mol. The fourth-order valence-corrected chi connectivity index (χ4v) is 2.13. The number of hydrogen-bond acceptors (Lipinski definition) is 3. The van der Waals surface area contributed by atoms with Crippen LogP contribution in [0.4, 0.5) is 0 Å². The van der Waals surface area contributed by atoms with Crippen LogP contribution in [0.5, 0.6) is 0 Å². The van der Waals surface area contributed by atoms with Gasteiger partial charge in [-0.3, -0.25) is 0 Å². The third kappa shape index (κ3) is 8.90. The van der Waals surface area contributed by atoms with Gasteiger partial charge in [0, 0.05) is 0 Å². The molecule has 0 aromatic carbocycles. The Labute approximate surface area is 113 Å². The van der Waals surface area contributed by atoms with Gasteiger partial charge in [-0.2, -0.15) is 0 Å². The van der Waals surface area contributed by atoms with Gasteiger partial charge in [0.2, 0.25) is 0 Å². The van der Waals surface area contributed by atoms with E-state index in [2.05, 4.69) is 6.92 Å². The van der Waals surface area contributed by atoms with Crippen LogP contribution in [0.15, 0.2) is 0 Å². The topological polar surface area (TPSA) is 66.5 Å². The van der Waals surface area contributed by atoms with Gasteiger partial charge < -0.3 is 15.9 Å². The molecule has 0 spiro atoms. The fraction of sp³-hybridized carbons (Fsp3) is 1.00. The van der Waals surface area contributed by atoms with Crippen LogP contribution in [0.1, 0.15) is 84.5 Å². The molecule has 0 radical (unpaired) electrons. The molecule has 4 N–H and O–H groups in total. The first-order valence-corrected chi connectivity index (χ1v) is 7.74. The van der Waals surface area contributed by atoms with Crippen molar-refractivity contribution >= 4 is 0 Å². The summed E-state index contributed by atoms with van der Waals surface area (Å²) in [5.74, 6) is 0. The second-order valence-corrected chi connectivity index (χ2v) is 5.48. The number of unbranched alkanes of at least 4 members (excludes halogenated alkanes) is 8. The number of hydrogen-bond donors (Lipinski definition) is 3. The molecule has 0 saturated heterocycles. The fourth-order valence-electron chi connectivity index (χ4n) is 2.13. The van der Waals surface area contributed by atoms with Crippen molar-refractivity contribution in [3.63, 3.8) is 0 Å². The molecule has 18 heavy (non-hydrogen) atoms. The van der Waals surface area contributed by atoms with Gasteiger partial charge in [-0.15, -0.1) is 0 Å². The van der Waals surface area contributed by atoms with E-state index in [0.29, 0.717) is 12.8 Å². The van der Waals surface area contributed by atoms with E-state index in [4.69, 9.17) is 5.73 Å². The first-order chi connectivity index (χ1) is 8.54. The maximum atomic E-state index is 9.70. The van der Waals surface area contributed by atoms with E-state index >= 15 is 0 Å². The average molecular weight is 259 g/mol. The molecular formula is C15H33NO2. The lowest BCUT2D eigenvalue weighted by molar-refractivity contribution is -0.0769. The quantitative estimate of drug-likeness (QED) is 0.372. The molecule has 0 aliphatic rings. The maximum Gasteiger partial charge on any atom is 0.139 e. The summed E-state index contributed by atoms with van der Waals surface area (Å²) < 4.78 is 0.